The number of carbonyl (C=O) groups excluding carboxylic acids is 1. The molecule has 0 aromatic rings. The monoisotopic (exact) mass is 324 g/mol. The van der Waals surface area contributed by atoms with E-state index in [9.17, 15) is 9.90 Å². The van der Waals surface area contributed by atoms with Gasteiger partial charge in [0.15, 0.2) is 5.78 Å². The van der Waals surface area contributed by atoms with Gasteiger partial charge in [-0.3, -0.25) is 4.79 Å². The Morgan fingerprint density at radius 2 is 2.08 bits per heavy atom. The lowest BCUT2D eigenvalue weighted by Crippen LogP contribution is -2.56. The van der Waals surface area contributed by atoms with Crippen molar-refractivity contribution < 1.29 is 9.90 Å². The molecular weight excluding hydrogens is 296 g/mol. The van der Waals surface area contributed by atoms with Crippen molar-refractivity contribution in [2.45, 2.75) is 52.1 Å². The first kappa shape index (κ1) is 16.1. The topological polar surface area (TPSA) is 37.3 Å². The molecule has 128 valence electrons. The molecule has 0 saturated heterocycles. The molecule has 0 aliphatic heterocycles. The number of aliphatic hydroxyl groups is 1. The fourth-order valence-corrected chi connectivity index (χ4v) is 6.45. The minimum atomic E-state index is -1.35. The van der Waals surface area contributed by atoms with Gasteiger partial charge in [0.2, 0.25) is 0 Å². The molecule has 0 bridgehead atoms. The number of fused-ring (bicyclic) bond motifs is 5. The average Bonchev–Trinajstić information content (AvgIpc) is 2.75. The second-order valence-electron chi connectivity index (χ2n) is 8.85. The summed E-state index contributed by atoms with van der Waals surface area (Å²) in [5, 5.41) is 11.3. The molecule has 2 heteroatoms. The molecule has 0 heterocycles. The van der Waals surface area contributed by atoms with E-state index in [0.29, 0.717) is 17.8 Å². The number of carbonyl (C=O) groups is 1. The molecule has 1 N–H and O–H groups in total. The summed E-state index contributed by atoms with van der Waals surface area (Å²) in [6.45, 7) is 10.2. The molecule has 0 amide bonds. The van der Waals surface area contributed by atoms with Crippen molar-refractivity contribution in [1.29, 1.82) is 0 Å². The molecule has 0 aromatic heterocycles. The van der Waals surface area contributed by atoms with Gasteiger partial charge in [-0.15, -0.1) is 0 Å². The van der Waals surface area contributed by atoms with Crippen molar-refractivity contribution in [3.05, 3.63) is 48.1 Å². The normalized spacial score (nSPS) is 49.2. The van der Waals surface area contributed by atoms with Crippen molar-refractivity contribution in [2.75, 3.05) is 0 Å². The molecular formula is C22H28O2. The molecule has 0 aromatic carbocycles. The van der Waals surface area contributed by atoms with Crippen LogP contribution in [0.25, 0.3) is 0 Å². The Balaban J connectivity index is 1.79. The molecule has 0 spiro atoms. The third-order valence-electron chi connectivity index (χ3n) is 7.97. The Hall–Kier alpha value is -1.41. The van der Waals surface area contributed by atoms with E-state index in [1.54, 1.807) is 0 Å². The SMILES string of the molecule is C=C1C[C@H]2[C@@H]3C=CC4=CC=CC[C@]4(C)[C@H]3CC[C@]2(C)[C@@]1(O)C(C)=O. The van der Waals surface area contributed by atoms with E-state index in [1.807, 2.05) is 0 Å². The summed E-state index contributed by atoms with van der Waals surface area (Å²) in [5.74, 6) is 1.17. The number of hydrogen-bond donors (Lipinski definition) is 1. The van der Waals surface area contributed by atoms with Crippen LogP contribution in [0.2, 0.25) is 0 Å². The summed E-state index contributed by atoms with van der Waals surface area (Å²) in [4.78, 5) is 12.3. The van der Waals surface area contributed by atoms with E-state index in [2.05, 4.69) is 50.8 Å². The van der Waals surface area contributed by atoms with Crippen molar-refractivity contribution in [3.63, 3.8) is 0 Å². The highest BCUT2D eigenvalue weighted by Crippen LogP contribution is 2.67. The van der Waals surface area contributed by atoms with Gasteiger partial charge < -0.3 is 5.11 Å². The van der Waals surface area contributed by atoms with Gasteiger partial charge >= 0.3 is 0 Å². The minimum absolute atomic E-state index is 0.136. The van der Waals surface area contributed by atoms with Crippen LogP contribution in [-0.4, -0.2) is 16.5 Å². The zero-order valence-electron chi connectivity index (χ0n) is 15.0. The molecule has 0 unspecified atom stereocenters. The van der Waals surface area contributed by atoms with Crippen LogP contribution in [0.5, 0.6) is 0 Å². The summed E-state index contributed by atoms with van der Waals surface area (Å²) >= 11 is 0. The zero-order chi connectivity index (χ0) is 17.3. The third-order valence-corrected chi connectivity index (χ3v) is 7.97. The molecule has 2 saturated carbocycles. The lowest BCUT2D eigenvalue weighted by molar-refractivity contribution is -0.150. The fraction of sp³-hybridized carbons (Fsp3) is 0.591. The van der Waals surface area contributed by atoms with Crippen molar-refractivity contribution in [1.82, 2.24) is 0 Å². The van der Waals surface area contributed by atoms with Crippen LogP contribution in [0.4, 0.5) is 0 Å². The standard InChI is InChI=1S/C22H28O2/c1-14-13-19-17-9-8-16-7-5-6-11-20(16,3)18(17)10-12-21(19,4)22(14,24)15(2)23/h5-9,17-19,24H,1,10-13H2,2-4H3/t17-,18+,19+,20+,21+,22+/m1/s1. The molecule has 4 aliphatic carbocycles. The van der Waals surface area contributed by atoms with E-state index >= 15 is 0 Å². The largest absolute Gasteiger partial charge is 0.377 e. The molecule has 2 fully saturated rings. The lowest BCUT2D eigenvalue weighted by Gasteiger charge is -2.56. The molecule has 2 nitrogen and oxygen atoms in total. The molecule has 4 aliphatic rings. The van der Waals surface area contributed by atoms with Crippen LogP contribution in [0.15, 0.2) is 48.1 Å². The third kappa shape index (κ3) is 1.68. The fourth-order valence-electron chi connectivity index (χ4n) is 6.45. The maximum Gasteiger partial charge on any atom is 0.166 e. The Kier molecular flexibility index (Phi) is 3.23. The number of allylic oxidation sites excluding steroid dienone is 6. The minimum Gasteiger partial charge on any atom is -0.377 e. The van der Waals surface area contributed by atoms with Crippen LogP contribution in [0.1, 0.15) is 46.5 Å². The maximum atomic E-state index is 12.3. The van der Waals surface area contributed by atoms with E-state index < -0.39 is 5.60 Å². The average molecular weight is 324 g/mol. The summed E-state index contributed by atoms with van der Waals surface area (Å²) in [5.41, 5.74) is 0.622. The van der Waals surface area contributed by atoms with Gasteiger partial charge in [-0.05, 0) is 66.9 Å². The highest BCUT2D eigenvalue weighted by Gasteiger charge is 2.66. The zero-order valence-corrected chi connectivity index (χ0v) is 15.0. The smallest absolute Gasteiger partial charge is 0.166 e. The van der Waals surface area contributed by atoms with Crippen molar-refractivity contribution in [2.24, 2.45) is 28.6 Å². The maximum absolute atomic E-state index is 12.3. The Morgan fingerprint density at radius 3 is 2.79 bits per heavy atom. The number of ketones is 1. The van der Waals surface area contributed by atoms with Crippen molar-refractivity contribution in [3.8, 4) is 0 Å². The van der Waals surface area contributed by atoms with Crippen LogP contribution in [0.3, 0.4) is 0 Å². The van der Waals surface area contributed by atoms with Crippen LogP contribution in [-0.2, 0) is 4.79 Å². The van der Waals surface area contributed by atoms with E-state index in [4.69, 9.17) is 0 Å². The molecule has 4 rings (SSSR count). The van der Waals surface area contributed by atoms with E-state index in [0.717, 1.165) is 31.3 Å². The van der Waals surface area contributed by atoms with Crippen molar-refractivity contribution >= 4 is 5.78 Å². The predicted octanol–water partition coefficient (Wildman–Crippen LogP) is 4.38. The van der Waals surface area contributed by atoms with Gasteiger partial charge in [0.25, 0.3) is 0 Å². The first-order chi connectivity index (χ1) is 11.2. The van der Waals surface area contributed by atoms with Gasteiger partial charge in [-0.2, -0.15) is 0 Å². The summed E-state index contributed by atoms with van der Waals surface area (Å²) in [7, 11) is 0. The Bertz CT molecular complexity index is 711. The molecule has 6 atom stereocenters. The summed E-state index contributed by atoms with van der Waals surface area (Å²) in [6, 6.07) is 0. The van der Waals surface area contributed by atoms with Crippen LogP contribution >= 0.6 is 0 Å². The second-order valence-corrected chi connectivity index (χ2v) is 8.85. The summed E-state index contributed by atoms with van der Waals surface area (Å²) < 4.78 is 0. The molecule has 0 radical (unpaired) electrons. The lowest BCUT2D eigenvalue weighted by atomic mass is 9.48. The van der Waals surface area contributed by atoms with Crippen LogP contribution in [0, 0.1) is 28.6 Å². The molecule has 24 heavy (non-hydrogen) atoms. The van der Waals surface area contributed by atoms with Gasteiger partial charge in [0.1, 0.15) is 5.60 Å². The van der Waals surface area contributed by atoms with Gasteiger partial charge in [0, 0.05) is 5.41 Å². The number of Topliss-reactive ketones (excluding diaryl/α,β-unsaturated/α-hetero) is 1. The highest BCUT2D eigenvalue weighted by molar-refractivity contribution is 5.90. The van der Waals surface area contributed by atoms with E-state index in [-0.39, 0.29) is 16.6 Å². The highest BCUT2D eigenvalue weighted by atomic mass is 16.3. The van der Waals surface area contributed by atoms with Gasteiger partial charge in [-0.25, -0.2) is 0 Å². The Morgan fingerprint density at radius 1 is 1.33 bits per heavy atom. The van der Waals surface area contributed by atoms with Gasteiger partial charge in [0.05, 0.1) is 0 Å². The van der Waals surface area contributed by atoms with Crippen LogP contribution < -0.4 is 0 Å². The first-order valence-electron chi connectivity index (χ1n) is 9.22. The Labute approximate surface area is 145 Å². The second kappa shape index (κ2) is 4.82. The van der Waals surface area contributed by atoms with Gasteiger partial charge in [-0.1, -0.05) is 50.8 Å². The first-order valence-corrected chi connectivity index (χ1v) is 9.22. The van der Waals surface area contributed by atoms with E-state index in [1.165, 1.54) is 12.5 Å². The summed E-state index contributed by atoms with van der Waals surface area (Å²) in [6.07, 6.45) is 15.2. The quantitative estimate of drug-likeness (QED) is 0.727. The number of rotatable bonds is 1. The number of hydrogen-bond acceptors (Lipinski definition) is 2. The predicted molar refractivity (Wildman–Crippen MR) is 96.3 cm³/mol.